The normalized spacial score (nSPS) is 10.4. The molecule has 0 aromatic rings. The van der Waals surface area contributed by atoms with Gasteiger partial charge in [0.25, 0.3) is 0 Å². The second-order valence-electron chi connectivity index (χ2n) is 3.66. The SMILES string of the molecule is CCN(CC)CCNC(=O)NCCOCC(=O)O. The number of rotatable bonds is 10. The van der Waals surface area contributed by atoms with Gasteiger partial charge in [-0.15, -0.1) is 0 Å². The highest BCUT2D eigenvalue weighted by atomic mass is 16.5. The fourth-order valence-electron chi connectivity index (χ4n) is 1.33. The number of nitrogens with zero attached hydrogens (tertiary/aromatic N) is 1. The average molecular weight is 261 g/mol. The molecule has 18 heavy (non-hydrogen) atoms. The van der Waals surface area contributed by atoms with Crippen LogP contribution in [0.5, 0.6) is 0 Å². The molecule has 0 saturated carbocycles. The molecule has 3 N–H and O–H groups in total. The first-order chi connectivity index (χ1) is 8.60. The number of carbonyl (C=O) groups excluding carboxylic acids is 1. The zero-order valence-electron chi connectivity index (χ0n) is 11.1. The number of carboxylic acids is 1. The second kappa shape index (κ2) is 10.8. The number of hydrogen-bond acceptors (Lipinski definition) is 4. The van der Waals surface area contributed by atoms with Gasteiger partial charge in [0.2, 0.25) is 0 Å². The van der Waals surface area contributed by atoms with Crippen LogP contribution in [0.3, 0.4) is 0 Å². The van der Waals surface area contributed by atoms with Gasteiger partial charge < -0.3 is 25.4 Å². The van der Waals surface area contributed by atoms with E-state index < -0.39 is 5.97 Å². The highest BCUT2D eigenvalue weighted by Gasteiger charge is 2.02. The Morgan fingerprint density at radius 2 is 1.78 bits per heavy atom. The minimum absolute atomic E-state index is 0.190. The molecular formula is C11H23N3O4. The molecule has 0 radical (unpaired) electrons. The molecule has 0 aliphatic heterocycles. The molecule has 0 spiro atoms. The van der Waals surface area contributed by atoms with Gasteiger partial charge in [-0.05, 0) is 13.1 Å². The molecule has 7 heteroatoms. The van der Waals surface area contributed by atoms with Crippen LogP contribution in [0.1, 0.15) is 13.8 Å². The van der Waals surface area contributed by atoms with Gasteiger partial charge in [0.1, 0.15) is 6.61 Å². The van der Waals surface area contributed by atoms with Gasteiger partial charge >= 0.3 is 12.0 Å². The summed E-state index contributed by atoms with van der Waals surface area (Å²) in [5.41, 5.74) is 0. The number of urea groups is 1. The Morgan fingerprint density at radius 3 is 2.33 bits per heavy atom. The summed E-state index contributed by atoms with van der Waals surface area (Å²) >= 11 is 0. The molecular weight excluding hydrogens is 238 g/mol. The lowest BCUT2D eigenvalue weighted by atomic mass is 10.4. The third-order valence-corrected chi connectivity index (χ3v) is 2.37. The van der Waals surface area contributed by atoms with Crippen LogP contribution in [0.25, 0.3) is 0 Å². The van der Waals surface area contributed by atoms with Crippen molar-refractivity contribution in [1.29, 1.82) is 0 Å². The number of amides is 2. The quantitative estimate of drug-likeness (QED) is 0.471. The summed E-state index contributed by atoms with van der Waals surface area (Å²) in [5, 5.41) is 13.6. The first-order valence-corrected chi connectivity index (χ1v) is 6.13. The van der Waals surface area contributed by atoms with Crippen LogP contribution < -0.4 is 10.6 Å². The summed E-state index contributed by atoms with van der Waals surface area (Å²) in [4.78, 5) is 23.6. The Bertz CT molecular complexity index is 244. The van der Waals surface area contributed by atoms with E-state index in [1.54, 1.807) is 0 Å². The molecule has 0 heterocycles. The Balaban J connectivity index is 3.40. The molecule has 0 unspecified atom stereocenters. The number of carbonyl (C=O) groups is 2. The third-order valence-electron chi connectivity index (χ3n) is 2.37. The predicted molar refractivity (Wildman–Crippen MR) is 67.6 cm³/mol. The minimum Gasteiger partial charge on any atom is -0.480 e. The Labute approximate surface area is 107 Å². The maximum atomic E-state index is 11.3. The van der Waals surface area contributed by atoms with Crippen molar-refractivity contribution in [3.63, 3.8) is 0 Å². The summed E-state index contributed by atoms with van der Waals surface area (Å²) < 4.78 is 4.77. The highest BCUT2D eigenvalue weighted by molar-refractivity contribution is 5.73. The van der Waals surface area contributed by atoms with Gasteiger partial charge in [-0.25, -0.2) is 9.59 Å². The summed E-state index contributed by atoms with van der Waals surface area (Å²) in [6.07, 6.45) is 0. The average Bonchev–Trinajstić information content (AvgIpc) is 2.34. The largest absolute Gasteiger partial charge is 0.480 e. The van der Waals surface area contributed by atoms with E-state index in [0.717, 1.165) is 19.6 Å². The van der Waals surface area contributed by atoms with E-state index in [4.69, 9.17) is 9.84 Å². The van der Waals surface area contributed by atoms with Crippen molar-refractivity contribution in [1.82, 2.24) is 15.5 Å². The number of likely N-dealkylation sites (N-methyl/N-ethyl adjacent to an activating group) is 1. The number of ether oxygens (including phenoxy) is 1. The molecule has 0 bridgehead atoms. The lowest BCUT2D eigenvalue weighted by Crippen LogP contribution is -2.41. The monoisotopic (exact) mass is 261 g/mol. The summed E-state index contributed by atoms with van der Waals surface area (Å²) in [5.74, 6) is -1.02. The lowest BCUT2D eigenvalue weighted by molar-refractivity contribution is -0.142. The van der Waals surface area contributed by atoms with Crippen LogP contribution in [0.15, 0.2) is 0 Å². The molecule has 2 amide bonds. The van der Waals surface area contributed by atoms with Crippen LogP contribution in [0.4, 0.5) is 4.79 Å². The highest BCUT2D eigenvalue weighted by Crippen LogP contribution is 1.83. The maximum absolute atomic E-state index is 11.3. The molecule has 0 aliphatic rings. The number of carboxylic acid groups (broad SMARTS) is 1. The zero-order chi connectivity index (χ0) is 13.8. The third kappa shape index (κ3) is 9.86. The molecule has 0 atom stereocenters. The van der Waals surface area contributed by atoms with Crippen molar-refractivity contribution in [3.8, 4) is 0 Å². The van der Waals surface area contributed by atoms with Crippen LogP contribution in [0, 0.1) is 0 Å². The van der Waals surface area contributed by atoms with Crippen molar-refractivity contribution in [2.45, 2.75) is 13.8 Å². The van der Waals surface area contributed by atoms with Crippen LogP contribution in [-0.4, -0.2) is 67.9 Å². The number of aliphatic carboxylic acids is 1. The van der Waals surface area contributed by atoms with Gasteiger partial charge in [-0.1, -0.05) is 13.8 Å². The second-order valence-corrected chi connectivity index (χ2v) is 3.66. The first-order valence-electron chi connectivity index (χ1n) is 6.13. The van der Waals surface area contributed by atoms with E-state index in [9.17, 15) is 9.59 Å². The minimum atomic E-state index is -1.02. The fourth-order valence-corrected chi connectivity index (χ4v) is 1.33. The van der Waals surface area contributed by atoms with Crippen LogP contribution in [0.2, 0.25) is 0 Å². The van der Waals surface area contributed by atoms with E-state index in [2.05, 4.69) is 29.4 Å². The van der Waals surface area contributed by atoms with Gasteiger partial charge in [0, 0.05) is 19.6 Å². The van der Waals surface area contributed by atoms with E-state index in [-0.39, 0.29) is 19.2 Å². The van der Waals surface area contributed by atoms with Crippen molar-refractivity contribution in [2.75, 3.05) is 45.9 Å². The standard InChI is InChI=1S/C11H23N3O4/c1-3-14(4-2)7-5-12-11(17)13-6-8-18-9-10(15)16/h3-9H2,1-2H3,(H,15,16)(H2,12,13,17). The van der Waals surface area contributed by atoms with E-state index >= 15 is 0 Å². The summed E-state index contributed by atoms with van der Waals surface area (Å²) in [6, 6.07) is -0.263. The van der Waals surface area contributed by atoms with Crippen molar-refractivity contribution >= 4 is 12.0 Å². The summed E-state index contributed by atoms with van der Waals surface area (Å²) in [6.45, 7) is 7.61. The van der Waals surface area contributed by atoms with Crippen molar-refractivity contribution < 1.29 is 19.4 Å². The lowest BCUT2D eigenvalue weighted by Gasteiger charge is -2.18. The Morgan fingerprint density at radius 1 is 1.17 bits per heavy atom. The van der Waals surface area contributed by atoms with Gasteiger partial charge in [0.05, 0.1) is 6.61 Å². The predicted octanol–water partition coefficient (Wildman–Crippen LogP) is -0.271. The first kappa shape index (κ1) is 16.7. The van der Waals surface area contributed by atoms with Crippen LogP contribution >= 0.6 is 0 Å². The smallest absolute Gasteiger partial charge is 0.329 e. The van der Waals surface area contributed by atoms with Gasteiger partial charge in [-0.2, -0.15) is 0 Å². The van der Waals surface area contributed by atoms with Crippen LogP contribution in [-0.2, 0) is 9.53 Å². The van der Waals surface area contributed by atoms with Gasteiger partial charge in [0.15, 0.2) is 0 Å². The molecule has 0 rings (SSSR count). The molecule has 0 saturated heterocycles. The Hall–Kier alpha value is -1.34. The molecule has 106 valence electrons. The number of hydrogen-bond donors (Lipinski definition) is 3. The van der Waals surface area contributed by atoms with E-state index in [1.165, 1.54) is 0 Å². The maximum Gasteiger partial charge on any atom is 0.329 e. The van der Waals surface area contributed by atoms with E-state index in [1.807, 2.05) is 0 Å². The molecule has 0 aromatic heterocycles. The van der Waals surface area contributed by atoms with Crippen molar-refractivity contribution in [3.05, 3.63) is 0 Å². The fraction of sp³-hybridized carbons (Fsp3) is 0.818. The van der Waals surface area contributed by atoms with E-state index in [0.29, 0.717) is 13.1 Å². The molecule has 0 fully saturated rings. The van der Waals surface area contributed by atoms with Crippen molar-refractivity contribution in [2.24, 2.45) is 0 Å². The number of nitrogens with one attached hydrogen (secondary N) is 2. The molecule has 0 aromatic carbocycles. The summed E-state index contributed by atoms with van der Waals surface area (Å²) in [7, 11) is 0. The van der Waals surface area contributed by atoms with Gasteiger partial charge in [-0.3, -0.25) is 0 Å². The molecule has 0 aliphatic carbocycles. The Kier molecular flexibility index (Phi) is 9.99. The topological polar surface area (TPSA) is 90.9 Å². The zero-order valence-corrected chi connectivity index (χ0v) is 11.1. The molecule has 7 nitrogen and oxygen atoms in total.